The van der Waals surface area contributed by atoms with Crippen LogP contribution in [0.15, 0.2) is 91.3 Å². The van der Waals surface area contributed by atoms with Crippen LogP contribution in [0.3, 0.4) is 0 Å². The van der Waals surface area contributed by atoms with Crippen molar-refractivity contribution < 1.29 is 24.4 Å². The van der Waals surface area contributed by atoms with Crippen molar-refractivity contribution in [2.45, 2.75) is 18.9 Å². The van der Waals surface area contributed by atoms with Gasteiger partial charge in [0.2, 0.25) is 11.8 Å². The highest BCUT2D eigenvalue weighted by Gasteiger charge is 2.28. The van der Waals surface area contributed by atoms with Crippen LogP contribution in [0.2, 0.25) is 0 Å². The van der Waals surface area contributed by atoms with Crippen LogP contribution in [0.25, 0.3) is 11.2 Å². The van der Waals surface area contributed by atoms with E-state index in [2.05, 4.69) is 34.1 Å². The molecule has 2 heterocycles. The number of aromatic nitrogens is 4. The van der Waals surface area contributed by atoms with Gasteiger partial charge in [-0.3, -0.25) is 9.47 Å². The number of benzene rings is 3. The van der Waals surface area contributed by atoms with E-state index in [0.29, 0.717) is 23.0 Å². The van der Waals surface area contributed by atoms with Gasteiger partial charge in [-0.15, -0.1) is 0 Å². The molecule has 0 atom stereocenters. The predicted octanol–water partition coefficient (Wildman–Crippen LogP) is 4.10. The topological polar surface area (TPSA) is 115 Å². The number of fused-ring (bicyclic) bond motifs is 1. The summed E-state index contributed by atoms with van der Waals surface area (Å²) in [7, 11) is 3.17. The van der Waals surface area contributed by atoms with E-state index in [9.17, 15) is 10.2 Å². The van der Waals surface area contributed by atoms with Crippen molar-refractivity contribution in [2.24, 2.45) is 0 Å². The Hall–Kier alpha value is -4.51. The van der Waals surface area contributed by atoms with Crippen LogP contribution < -0.4 is 14.4 Å². The van der Waals surface area contributed by atoms with E-state index in [1.807, 2.05) is 60.7 Å². The minimum atomic E-state index is -0.725. The van der Waals surface area contributed by atoms with Crippen molar-refractivity contribution in [1.82, 2.24) is 19.5 Å². The molecule has 0 aliphatic carbocycles. The Morgan fingerprint density at radius 2 is 1.43 bits per heavy atom. The smallest absolute Gasteiger partial charge is 0.246 e. The van der Waals surface area contributed by atoms with Crippen LogP contribution in [-0.4, -0.2) is 63.3 Å². The lowest BCUT2D eigenvalue weighted by atomic mass is 9.96. The average molecular weight is 542 g/mol. The highest BCUT2D eigenvalue weighted by molar-refractivity contribution is 5.79. The number of aliphatic hydroxyl groups excluding tert-OH is 2. The van der Waals surface area contributed by atoms with E-state index < -0.39 is 6.10 Å². The number of imidazole rings is 1. The Balaban J connectivity index is 1.71. The fourth-order valence-corrected chi connectivity index (χ4v) is 4.48. The van der Waals surface area contributed by atoms with Crippen LogP contribution in [0, 0.1) is 0 Å². The van der Waals surface area contributed by atoms with Gasteiger partial charge in [0.1, 0.15) is 18.6 Å². The normalized spacial score (nSPS) is 11.3. The number of aliphatic hydroxyl groups is 2. The molecule has 0 fully saturated rings. The van der Waals surface area contributed by atoms with Crippen molar-refractivity contribution in [3.8, 4) is 11.6 Å². The molecule has 3 aromatic carbocycles. The number of hydrogen-bond donors (Lipinski definition) is 2. The lowest BCUT2D eigenvalue weighted by Crippen LogP contribution is -2.27. The van der Waals surface area contributed by atoms with Crippen LogP contribution >= 0.6 is 0 Å². The van der Waals surface area contributed by atoms with Crippen LogP contribution in [0.4, 0.5) is 11.6 Å². The molecule has 5 aromatic rings. The fourth-order valence-electron chi connectivity index (χ4n) is 4.48. The number of ether oxygens (including phenoxy) is 3. The summed E-state index contributed by atoms with van der Waals surface area (Å²) in [5.74, 6) is 1.42. The largest absolute Gasteiger partial charge is 0.497 e. The lowest BCUT2D eigenvalue weighted by Gasteiger charge is -2.33. The molecule has 0 saturated heterocycles. The third kappa shape index (κ3) is 5.59. The maximum absolute atomic E-state index is 9.44. The molecule has 2 N–H and O–H groups in total. The standard InChI is InChI=1S/C30H31N5O5/c1-38-24-15-13-23(14-16-24)35(27(21-9-5-3-6-10-21)22-11-7-4-8-12-22)30-32-28-26(29(33-30)39-2)31-19-34(28)20-40-25(17-36)18-37/h3-16,19,25,27,36-37H,17-18,20H2,1-2H3. The molecule has 206 valence electrons. The number of anilines is 2. The summed E-state index contributed by atoms with van der Waals surface area (Å²) in [5.41, 5.74) is 3.86. The zero-order valence-electron chi connectivity index (χ0n) is 22.3. The second kappa shape index (κ2) is 12.6. The summed E-state index contributed by atoms with van der Waals surface area (Å²) < 4.78 is 18.4. The Bertz CT molecular complexity index is 1470. The molecule has 40 heavy (non-hydrogen) atoms. The molecular formula is C30H31N5O5. The highest BCUT2D eigenvalue weighted by Crippen LogP contribution is 2.39. The van der Waals surface area contributed by atoms with Gasteiger partial charge in [-0.1, -0.05) is 60.7 Å². The van der Waals surface area contributed by atoms with Gasteiger partial charge in [0, 0.05) is 5.69 Å². The van der Waals surface area contributed by atoms with E-state index in [4.69, 9.17) is 24.2 Å². The Labute approximate surface area is 232 Å². The maximum atomic E-state index is 9.44. The van der Waals surface area contributed by atoms with E-state index in [1.54, 1.807) is 18.0 Å². The van der Waals surface area contributed by atoms with E-state index in [1.165, 1.54) is 7.11 Å². The second-order valence-corrected chi connectivity index (χ2v) is 8.99. The van der Waals surface area contributed by atoms with Gasteiger partial charge < -0.3 is 24.4 Å². The first-order chi connectivity index (χ1) is 19.7. The molecule has 10 heteroatoms. The first-order valence-electron chi connectivity index (χ1n) is 12.8. The summed E-state index contributed by atoms with van der Waals surface area (Å²) in [5, 5.41) is 18.9. The molecule has 0 bridgehead atoms. The maximum Gasteiger partial charge on any atom is 0.246 e. The zero-order valence-corrected chi connectivity index (χ0v) is 22.3. The predicted molar refractivity (Wildman–Crippen MR) is 151 cm³/mol. The van der Waals surface area contributed by atoms with E-state index >= 15 is 0 Å². The SMILES string of the molecule is COc1ccc(N(c2nc(OC)c3ncn(COC(CO)CO)c3n2)C(c2ccccc2)c2ccccc2)cc1. The van der Waals surface area contributed by atoms with Gasteiger partial charge in [0.05, 0.1) is 39.8 Å². The molecule has 0 unspecified atom stereocenters. The number of nitrogens with zero attached hydrogens (tertiary/aromatic N) is 5. The summed E-state index contributed by atoms with van der Waals surface area (Å²) in [6.07, 6.45) is 0.845. The highest BCUT2D eigenvalue weighted by atomic mass is 16.5. The Morgan fingerprint density at radius 3 is 1.98 bits per heavy atom. The third-order valence-electron chi connectivity index (χ3n) is 6.52. The van der Waals surface area contributed by atoms with Gasteiger partial charge in [-0.05, 0) is 35.4 Å². The molecule has 0 aliphatic heterocycles. The summed E-state index contributed by atoms with van der Waals surface area (Å²) in [4.78, 5) is 16.3. The number of rotatable bonds is 12. The van der Waals surface area contributed by atoms with Crippen LogP contribution in [-0.2, 0) is 11.5 Å². The molecule has 0 spiro atoms. The monoisotopic (exact) mass is 541 g/mol. The van der Waals surface area contributed by atoms with Gasteiger partial charge in [0.15, 0.2) is 11.2 Å². The summed E-state index contributed by atoms with van der Waals surface area (Å²) in [6.45, 7) is -0.604. The molecule has 10 nitrogen and oxygen atoms in total. The first kappa shape index (κ1) is 27.1. The fraction of sp³-hybridized carbons (Fsp3) is 0.233. The number of hydrogen-bond acceptors (Lipinski definition) is 9. The van der Waals surface area contributed by atoms with Gasteiger partial charge in [-0.2, -0.15) is 9.97 Å². The second-order valence-electron chi connectivity index (χ2n) is 8.99. The van der Waals surface area contributed by atoms with E-state index in [-0.39, 0.29) is 26.0 Å². The molecule has 0 saturated carbocycles. The average Bonchev–Trinajstić information content (AvgIpc) is 3.43. The van der Waals surface area contributed by atoms with Crippen LogP contribution in [0.5, 0.6) is 11.6 Å². The van der Waals surface area contributed by atoms with Gasteiger partial charge in [0.25, 0.3) is 0 Å². The van der Waals surface area contributed by atoms with Gasteiger partial charge >= 0.3 is 0 Å². The molecular weight excluding hydrogens is 510 g/mol. The van der Waals surface area contributed by atoms with Crippen molar-refractivity contribution in [1.29, 1.82) is 0 Å². The van der Waals surface area contributed by atoms with Crippen LogP contribution in [0.1, 0.15) is 17.2 Å². The third-order valence-corrected chi connectivity index (χ3v) is 6.52. The minimum absolute atomic E-state index is 0.0191. The minimum Gasteiger partial charge on any atom is -0.497 e. The summed E-state index contributed by atoms with van der Waals surface area (Å²) in [6, 6.07) is 27.7. The van der Waals surface area contributed by atoms with Gasteiger partial charge in [-0.25, -0.2) is 4.98 Å². The molecule has 0 radical (unpaired) electrons. The quantitative estimate of drug-likeness (QED) is 0.241. The lowest BCUT2D eigenvalue weighted by molar-refractivity contribution is -0.0488. The first-order valence-corrected chi connectivity index (χ1v) is 12.8. The molecule has 5 rings (SSSR count). The van der Waals surface area contributed by atoms with Crippen molar-refractivity contribution in [2.75, 3.05) is 32.3 Å². The zero-order chi connectivity index (χ0) is 27.9. The van der Waals surface area contributed by atoms with Crippen molar-refractivity contribution >= 4 is 22.8 Å². The molecule has 2 aromatic heterocycles. The number of methoxy groups -OCH3 is 2. The Morgan fingerprint density at radius 1 is 0.800 bits per heavy atom. The van der Waals surface area contributed by atoms with Crippen molar-refractivity contribution in [3.05, 3.63) is 102 Å². The molecule has 0 aliphatic rings. The Kier molecular flexibility index (Phi) is 8.50. The summed E-state index contributed by atoms with van der Waals surface area (Å²) >= 11 is 0. The van der Waals surface area contributed by atoms with Crippen molar-refractivity contribution in [3.63, 3.8) is 0 Å². The molecule has 0 amide bonds. The van der Waals surface area contributed by atoms with E-state index in [0.717, 1.165) is 22.6 Å².